The molecular weight excluding hydrogens is 621 g/mol. The van der Waals surface area contributed by atoms with E-state index < -0.39 is 45.1 Å². The van der Waals surface area contributed by atoms with Crippen molar-refractivity contribution in [2.24, 2.45) is 0 Å². The van der Waals surface area contributed by atoms with E-state index in [4.69, 9.17) is 0 Å². The van der Waals surface area contributed by atoms with E-state index in [1.807, 2.05) is 9.44 Å². The van der Waals surface area contributed by atoms with Gasteiger partial charge >= 0.3 is 37.7 Å². The summed E-state index contributed by atoms with van der Waals surface area (Å²) in [5.41, 5.74) is 0. The van der Waals surface area contributed by atoms with E-state index in [1.54, 1.807) is 12.2 Å². The number of hydrogen-bond acceptors (Lipinski definition) is 8. The monoisotopic (exact) mass is 676 g/mol. The first kappa shape index (κ1) is 46.9. The predicted octanol–water partition coefficient (Wildman–Crippen LogP) is 3.80. The third-order valence-electron chi connectivity index (χ3n) is 6.33. The largest absolute Gasteiger partial charge is 2.00 e. The first-order valence-electron chi connectivity index (χ1n) is 15.7. The number of carbonyl (C=O) groups excluding carboxylic acids is 2. The summed E-state index contributed by atoms with van der Waals surface area (Å²) in [6, 6.07) is 0. The van der Waals surface area contributed by atoms with Crippen molar-refractivity contribution in [3.8, 4) is 0 Å². The number of aliphatic carboxylic acids is 2. The van der Waals surface area contributed by atoms with Gasteiger partial charge in [-0.25, -0.2) is 26.3 Å². The zero-order chi connectivity index (χ0) is 32.0. The smallest absolute Gasteiger partial charge is 0.549 e. The molecule has 0 atom stereocenters. The summed E-state index contributed by atoms with van der Waals surface area (Å²) in [5, 5.41) is 22.3. The second-order valence-corrected chi connectivity index (χ2v) is 13.8. The minimum atomic E-state index is -3.64. The number of carbonyl (C=O) groups is 2. The van der Waals surface area contributed by atoms with Crippen molar-refractivity contribution in [2.45, 2.75) is 142 Å². The molecule has 0 aliphatic carbocycles. The minimum absolute atomic E-state index is 0. The zero-order valence-electron chi connectivity index (χ0n) is 26.7. The number of rotatable bonds is 28. The fraction of sp³-hybridized carbons (Fsp3) is 0.800. The summed E-state index contributed by atoms with van der Waals surface area (Å²) in [6.07, 6.45) is 26.6. The van der Waals surface area contributed by atoms with Crippen LogP contribution in [-0.2, 0) is 29.6 Å². The SMILES string of the molecule is CCCCCCCCCCC/C=C/S(=O)(=O)NCC(=O)[O-].CCCCCCCCCCC/C=C/S(=O)(=O)NCC(=O)[O-].[Ca+2]. The van der Waals surface area contributed by atoms with Crippen LogP contribution in [-0.4, -0.2) is 79.6 Å². The van der Waals surface area contributed by atoms with Crippen molar-refractivity contribution in [3.63, 3.8) is 0 Å². The van der Waals surface area contributed by atoms with Gasteiger partial charge in [0.25, 0.3) is 0 Å². The molecule has 0 saturated carbocycles. The molecule has 0 rings (SSSR count). The van der Waals surface area contributed by atoms with E-state index in [2.05, 4.69) is 13.8 Å². The van der Waals surface area contributed by atoms with Gasteiger partial charge in [0.15, 0.2) is 0 Å². The standard InChI is InChI=1S/2C15H29NO4S.Ca/c2*1-2-3-4-5-6-7-8-9-10-11-12-13-21(19,20)16-14-15(17)18;/h2*12-13,16H,2-11,14H2,1H3,(H,17,18);/q;;+2/p-2/b2*13-12+;. The van der Waals surface area contributed by atoms with Gasteiger partial charge in [-0.3, -0.25) is 0 Å². The van der Waals surface area contributed by atoms with E-state index in [1.165, 1.54) is 89.9 Å². The van der Waals surface area contributed by atoms with Gasteiger partial charge in [-0.05, 0) is 25.7 Å². The van der Waals surface area contributed by atoms with Crippen LogP contribution in [0.5, 0.6) is 0 Å². The normalized spacial score (nSPS) is 11.8. The number of allylic oxidation sites excluding steroid dienone is 2. The van der Waals surface area contributed by atoms with Crippen molar-refractivity contribution in [1.82, 2.24) is 9.44 Å². The molecule has 0 amide bonds. The quantitative estimate of drug-likeness (QED) is 0.0930. The molecule has 43 heavy (non-hydrogen) atoms. The van der Waals surface area contributed by atoms with E-state index in [0.717, 1.165) is 36.5 Å². The van der Waals surface area contributed by atoms with Gasteiger partial charge < -0.3 is 19.8 Å². The van der Waals surface area contributed by atoms with Crippen LogP contribution >= 0.6 is 0 Å². The molecule has 0 aromatic carbocycles. The van der Waals surface area contributed by atoms with Crippen molar-refractivity contribution in [2.75, 3.05) is 13.1 Å². The molecule has 0 aliphatic heterocycles. The van der Waals surface area contributed by atoms with Crippen LogP contribution < -0.4 is 19.7 Å². The number of carboxylic acid groups (broad SMARTS) is 2. The Labute approximate surface area is 292 Å². The summed E-state index contributed by atoms with van der Waals surface area (Å²) in [7, 11) is -7.28. The molecule has 0 unspecified atom stereocenters. The van der Waals surface area contributed by atoms with Gasteiger partial charge in [-0.2, -0.15) is 0 Å². The number of hydrogen-bond donors (Lipinski definition) is 2. The maximum absolute atomic E-state index is 11.3. The number of sulfonamides is 2. The summed E-state index contributed by atoms with van der Waals surface area (Å²) in [4.78, 5) is 20.3. The number of carboxylic acids is 2. The van der Waals surface area contributed by atoms with Crippen LogP contribution in [0.1, 0.15) is 142 Å². The first-order chi connectivity index (χ1) is 20.0. The Morgan fingerprint density at radius 2 is 0.767 bits per heavy atom. The Bertz CT molecular complexity index is 864. The molecule has 10 nitrogen and oxygen atoms in total. The molecule has 0 radical (unpaired) electrons. The molecule has 0 heterocycles. The molecule has 0 aromatic heterocycles. The van der Waals surface area contributed by atoms with Crippen molar-refractivity contribution in [1.29, 1.82) is 0 Å². The van der Waals surface area contributed by atoms with Crippen molar-refractivity contribution in [3.05, 3.63) is 23.0 Å². The van der Waals surface area contributed by atoms with Gasteiger partial charge in [0.1, 0.15) is 0 Å². The van der Waals surface area contributed by atoms with Crippen molar-refractivity contribution >= 4 is 69.7 Å². The molecule has 13 heteroatoms. The molecule has 0 fully saturated rings. The summed E-state index contributed by atoms with van der Waals surface area (Å²) >= 11 is 0. The molecule has 0 spiro atoms. The van der Waals surface area contributed by atoms with Crippen LogP contribution in [0.2, 0.25) is 0 Å². The van der Waals surface area contributed by atoms with E-state index in [0.29, 0.717) is 12.8 Å². The first-order valence-corrected chi connectivity index (χ1v) is 18.8. The second-order valence-electron chi connectivity index (χ2n) is 10.5. The van der Waals surface area contributed by atoms with Gasteiger partial charge in [-0.15, -0.1) is 0 Å². The Morgan fingerprint density at radius 1 is 0.512 bits per heavy atom. The summed E-state index contributed by atoms with van der Waals surface area (Å²) in [6.45, 7) is 3.04. The van der Waals surface area contributed by atoms with Gasteiger partial charge in [-0.1, -0.05) is 129 Å². The average molecular weight is 677 g/mol. The van der Waals surface area contributed by atoms with Crippen LogP contribution in [0.25, 0.3) is 0 Å². The van der Waals surface area contributed by atoms with Gasteiger partial charge in [0.05, 0.1) is 25.0 Å². The van der Waals surface area contributed by atoms with E-state index >= 15 is 0 Å². The molecule has 0 aliphatic rings. The molecule has 2 N–H and O–H groups in total. The third-order valence-corrected chi connectivity index (χ3v) is 8.53. The van der Waals surface area contributed by atoms with Gasteiger partial charge in [0, 0.05) is 10.8 Å². The Kier molecular flexibility index (Phi) is 35.9. The Hall–Kier alpha value is -0.500. The fourth-order valence-electron chi connectivity index (χ4n) is 3.95. The third kappa shape index (κ3) is 41.5. The number of unbranched alkanes of at least 4 members (excludes halogenated alkanes) is 18. The summed E-state index contributed by atoms with van der Waals surface area (Å²) < 4.78 is 49.1. The van der Waals surface area contributed by atoms with Crippen LogP contribution in [0.15, 0.2) is 23.0 Å². The molecule has 0 saturated heterocycles. The van der Waals surface area contributed by atoms with Gasteiger partial charge in [0.2, 0.25) is 20.0 Å². The van der Waals surface area contributed by atoms with Crippen LogP contribution in [0, 0.1) is 0 Å². The molecule has 0 bridgehead atoms. The zero-order valence-corrected chi connectivity index (χ0v) is 30.5. The maximum atomic E-state index is 11.3. The molecular formula is C30H56CaN2O8S2. The number of nitrogens with one attached hydrogen (secondary N) is 2. The van der Waals surface area contributed by atoms with E-state index in [9.17, 15) is 36.6 Å². The Balaban J connectivity index is -0.000000727. The molecule has 248 valence electrons. The topological polar surface area (TPSA) is 173 Å². The van der Waals surface area contributed by atoms with Crippen molar-refractivity contribution < 1.29 is 36.6 Å². The minimum Gasteiger partial charge on any atom is -0.549 e. The predicted molar refractivity (Wildman–Crippen MR) is 172 cm³/mol. The van der Waals surface area contributed by atoms with E-state index in [-0.39, 0.29) is 37.7 Å². The fourth-order valence-corrected chi connectivity index (χ4v) is 5.56. The average Bonchev–Trinajstić information content (AvgIpc) is 2.93. The maximum Gasteiger partial charge on any atom is 2.00 e. The Morgan fingerprint density at radius 3 is 1.02 bits per heavy atom. The molecule has 0 aromatic rings. The summed E-state index contributed by atoms with van der Waals surface area (Å²) in [5.74, 6) is -2.88. The van der Waals surface area contributed by atoms with Crippen LogP contribution in [0.4, 0.5) is 0 Å². The van der Waals surface area contributed by atoms with Crippen LogP contribution in [0.3, 0.4) is 0 Å². The second kappa shape index (κ2) is 32.9.